The molecule has 0 fully saturated rings. The first kappa shape index (κ1) is 26.4. The minimum absolute atomic E-state index is 0.0964. The van der Waals surface area contributed by atoms with Crippen LogP contribution in [0.25, 0.3) is 0 Å². The highest BCUT2D eigenvalue weighted by molar-refractivity contribution is 7.99. The average Bonchev–Trinajstić information content (AvgIpc) is 3.27. The van der Waals surface area contributed by atoms with Gasteiger partial charge in [-0.15, -0.1) is 10.2 Å². The molecule has 38 heavy (non-hydrogen) atoms. The van der Waals surface area contributed by atoms with Crippen LogP contribution < -0.4 is 21.3 Å². The fourth-order valence-electron chi connectivity index (χ4n) is 3.16. The number of para-hydroxylation sites is 3. The van der Waals surface area contributed by atoms with E-state index < -0.39 is 10.8 Å². The number of anilines is 2. The summed E-state index contributed by atoms with van der Waals surface area (Å²) < 4.78 is 7.05. The summed E-state index contributed by atoms with van der Waals surface area (Å²) >= 11 is 7.21. The van der Waals surface area contributed by atoms with Crippen LogP contribution in [0.2, 0.25) is 5.02 Å². The number of benzene rings is 3. The summed E-state index contributed by atoms with van der Waals surface area (Å²) in [6.07, 6.45) is 1.55. The normalized spacial score (nSPS) is 10.9. The summed E-state index contributed by atoms with van der Waals surface area (Å²) in [6.45, 7) is 0.293. The Bertz CT molecular complexity index is 1480. The Labute approximate surface area is 226 Å². The predicted octanol–water partition coefficient (Wildman–Crippen LogP) is 4.31. The third-order valence-electron chi connectivity index (χ3n) is 5.00. The van der Waals surface area contributed by atoms with Crippen molar-refractivity contribution in [2.45, 2.75) is 11.8 Å². The highest BCUT2D eigenvalue weighted by Gasteiger charge is 2.16. The lowest BCUT2D eigenvalue weighted by Gasteiger charge is -2.10. The van der Waals surface area contributed by atoms with Crippen molar-refractivity contribution in [2.75, 3.05) is 22.3 Å². The molecule has 0 aliphatic carbocycles. The number of aromatic nitrogens is 3. The molecule has 0 saturated heterocycles. The molecule has 194 valence electrons. The zero-order valence-electron chi connectivity index (χ0n) is 19.7. The van der Waals surface area contributed by atoms with Crippen molar-refractivity contribution in [1.29, 1.82) is 0 Å². The Morgan fingerprint density at radius 1 is 1.13 bits per heavy atom. The smallest absolute Gasteiger partial charge is 0.292 e. The summed E-state index contributed by atoms with van der Waals surface area (Å²) in [5.41, 5.74) is 4.17. The first-order valence-corrected chi connectivity index (χ1v) is 12.4. The van der Waals surface area contributed by atoms with E-state index in [2.05, 4.69) is 26.0 Å². The van der Waals surface area contributed by atoms with Gasteiger partial charge in [-0.3, -0.25) is 14.9 Å². The van der Waals surface area contributed by atoms with Crippen molar-refractivity contribution in [3.63, 3.8) is 0 Å². The number of amides is 1. The number of rotatable bonds is 11. The van der Waals surface area contributed by atoms with Crippen LogP contribution in [0.1, 0.15) is 11.1 Å². The molecular weight excluding hydrogens is 532 g/mol. The number of nitrogens with two attached hydrogens (primary N) is 1. The van der Waals surface area contributed by atoms with E-state index in [-0.39, 0.29) is 28.2 Å². The van der Waals surface area contributed by atoms with E-state index in [1.54, 1.807) is 18.3 Å². The molecule has 4 N–H and O–H groups in total. The summed E-state index contributed by atoms with van der Waals surface area (Å²) in [7, 11) is 0. The molecule has 0 unspecified atom stereocenters. The number of ether oxygens (including phenoxy) is 1. The van der Waals surface area contributed by atoms with Crippen LogP contribution in [0.3, 0.4) is 0 Å². The van der Waals surface area contributed by atoms with Crippen molar-refractivity contribution >= 4 is 52.8 Å². The molecule has 1 aromatic heterocycles. The molecule has 0 aliphatic heterocycles. The molecule has 0 radical (unpaired) electrons. The zero-order chi connectivity index (χ0) is 26.9. The Balaban J connectivity index is 1.33. The summed E-state index contributed by atoms with van der Waals surface area (Å²) in [5.74, 6) is 6.20. The number of hydrazone groups is 1. The first-order chi connectivity index (χ1) is 18.4. The Morgan fingerprint density at radius 2 is 1.87 bits per heavy atom. The monoisotopic (exact) mass is 552 g/mol. The van der Waals surface area contributed by atoms with Gasteiger partial charge in [-0.05, 0) is 24.3 Å². The van der Waals surface area contributed by atoms with Crippen LogP contribution in [0.4, 0.5) is 17.3 Å². The topological polar surface area (TPSA) is 163 Å². The number of carbonyl (C=O) groups excluding carboxylic acids is 1. The van der Waals surface area contributed by atoms with Gasteiger partial charge in [0.2, 0.25) is 11.1 Å². The fraction of sp³-hybridized carbons (Fsp3) is 0.0833. The van der Waals surface area contributed by atoms with Crippen LogP contribution in [0.5, 0.6) is 5.75 Å². The third-order valence-corrected chi connectivity index (χ3v) is 6.31. The number of nitrogens with one attached hydrogen (secondary N) is 2. The van der Waals surface area contributed by atoms with Gasteiger partial charge in [0.15, 0.2) is 0 Å². The Kier molecular flexibility index (Phi) is 8.74. The molecule has 0 saturated carbocycles. The van der Waals surface area contributed by atoms with Crippen LogP contribution >= 0.6 is 23.4 Å². The van der Waals surface area contributed by atoms with Crippen LogP contribution in [0, 0.1) is 10.1 Å². The van der Waals surface area contributed by atoms with E-state index in [0.29, 0.717) is 22.9 Å². The molecule has 0 atom stereocenters. The quantitative estimate of drug-likeness (QED) is 0.0808. The van der Waals surface area contributed by atoms with Gasteiger partial charge in [0.25, 0.3) is 11.6 Å². The fourth-order valence-corrected chi connectivity index (χ4v) is 4.00. The Hall–Kier alpha value is -4.62. The molecule has 4 rings (SSSR count). The van der Waals surface area contributed by atoms with Gasteiger partial charge in [0.1, 0.15) is 18.0 Å². The number of nitrogen functional groups attached to an aromatic ring is 1. The van der Waals surface area contributed by atoms with Gasteiger partial charge < -0.3 is 15.9 Å². The van der Waals surface area contributed by atoms with E-state index in [9.17, 15) is 14.9 Å². The maximum atomic E-state index is 12.3. The first-order valence-electron chi connectivity index (χ1n) is 11.0. The SMILES string of the molecule is Nn1c(N/N=C/c2ccccc2OCc2ccccc2Cl)nnc1SCC(=O)Nc1ccccc1[N+](=O)[O-]. The van der Waals surface area contributed by atoms with Gasteiger partial charge in [-0.2, -0.15) is 5.10 Å². The molecule has 3 aromatic carbocycles. The molecule has 1 amide bonds. The molecule has 0 aliphatic rings. The number of hydrogen-bond acceptors (Lipinski definition) is 10. The van der Waals surface area contributed by atoms with E-state index in [1.807, 2.05) is 42.5 Å². The van der Waals surface area contributed by atoms with E-state index in [0.717, 1.165) is 22.0 Å². The standard InChI is InChI=1S/C24H21ClN8O4S/c25-18-9-3-1-8-17(18)14-37-21-12-6-2-7-16(21)13-27-29-23-30-31-24(32(23)26)38-15-22(34)28-19-10-4-5-11-20(19)33(35)36/h1-13H,14-15,26H2,(H,28,34)(H,29,30)/b27-13+. The molecule has 4 aromatic rings. The number of carbonyl (C=O) groups is 1. The van der Waals surface area contributed by atoms with Crippen LogP contribution in [-0.4, -0.2) is 37.7 Å². The second-order valence-electron chi connectivity index (χ2n) is 7.58. The van der Waals surface area contributed by atoms with Gasteiger partial charge in [-0.1, -0.05) is 65.8 Å². The number of halogens is 1. The van der Waals surface area contributed by atoms with Gasteiger partial charge in [-0.25, -0.2) is 10.1 Å². The average molecular weight is 553 g/mol. The summed E-state index contributed by atoms with van der Waals surface area (Å²) in [6, 6.07) is 20.6. The van der Waals surface area contributed by atoms with Gasteiger partial charge >= 0.3 is 0 Å². The van der Waals surface area contributed by atoms with E-state index >= 15 is 0 Å². The number of nitro groups is 1. The maximum Gasteiger partial charge on any atom is 0.292 e. The Morgan fingerprint density at radius 3 is 2.68 bits per heavy atom. The second kappa shape index (κ2) is 12.6. The van der Waals surface area contributed by atoms with E-state index in [1.165, 1.54) is 18.2 Å². The molecule has 14 heteroatoms. The molecule has 0 bridgehead atoms. The van der Waals surface area contributed by atoms with Crippen LogP contribution in [-0.2, 0) is 11.4 Å². The lowest BCUT2D eigenvalue weighted by molar-refractivity contribution is -0.383. The number of hydrogen-bond donors (Lipinski definition) is 3. The minimum atomic E-state index is -0.568. The summed E-state index contributed by atoms with van der Waals surface area (Å²) in [5, 5.41) is 26.5. The maximum absolute atomic E-state index is 12.3. The molecule has 12 nitrogen and oxygen atoms in total. The lowest BCUT2D eigenvalue weighted by Crippen LogP contribution is -2.17. The van der Waals surface area contributed by atoms with Crippen molar-refractivity contribution in [3.8, 4) is 5.75 Å². The minimum Gasteiger partial charge on any atom is -0.488 e. The van der Waals surface area contributed by atoms with Crippen molar-refractivity contribution in [2.24, 2.45) is 5.10 Å². The molecule has 1 heterocycles. The molecular formula is C24H21ClN8O4S. The second-order valence-corrected chi connectivity index (χ2v) is 8.92. The highest BCUT2D eigenvalue weighted by atomic mass is 35.5. The largest absolute Gasteiger partial charge is 0.488 e. The number of thioether (sulfide) groups is 1. The molecule has 0 spiro atoms. The van der Waals surface area contributed by atoms with E-state index in [4.69, 9.17) is 22.2 Å². The van der Waals surface area contributed by atoms with Crippen molar-refractivity contribution in [3.05, 3.63) is 99.1 Å². The van der Waals surface area contributed by atoms with Crippen LogP contribution in [0.15, 0.2) is 83.1 Å². The number of nitro benzene ring substituents is 1. The van der Waals surface area contributed by atoms with Crippen molar-refractivity contribution < 1.29 is 14.5 Å². The highest BCUT2D eigenvalue weighted by Crippen LogP contribution is 2.24. The predicted molar refractivity (Wildman–Crippen MR) is 146 cm³/mol. The number of nitrogens with zero attached hydrogens (tertiary/aromatic N) is 5. The van der Waals surface area contributed by atoms with Gasteiger partial charge in [0.05, 0.1) is 16.9 Å². The third kappa shape index (κ3) is 6.78. The van der Waals surface area contributed by atoms with Crippen molar-refractivity contribution in [1.82, 2.24) is 14.9 Å². The lowest BCUT2D eigenvalue weighted by atomic mass is 10.2. The summed E-state index contributed by atoms with van der Waals surface area (Å²) in [4.78, 5) is 22.8. The zero-order valence-corrected chi connectivity index (χ0v) is 21.2. The van der Waals surface area contributed by atoms with Gasteiger partial charge in [0, 0.05) is 22.2 Å².